The molecule has 0 N–H and O–H groups in total. The average Bonchev–Trinajstić information content (AvgIpc) is 3.56. The second-order valence-electron chi connectivity index (χ2n) is 11.0. The van der Waals surface area contributed by atoms with E-state index >= 15 is 0 Å². The van der Waals surface area contributed by atoms with Crippen LogP contribution in [0.1, 0.15) is 85.0 Å². The van der Waals surface area contributed by atoms with Gasteiger partial charge in [0.05, 0.1) is 35.2 Å². The summed E-state index contributed by atoms with van der Waals surface area (Å²) in [5.41, 5.74) is 5.90. The second kappa shape index (κ2) is 8.42. The molecule has 1 aromatic carbocycles. The number of nitrogens with zero attached hydrogens (tertiary/aromatic N) is 4. The number of oxazole rings is 1. The molecule has 7 nitrogen and oxygen atoms in total. The molecule has 2 fully saturated rings. The number of aryl methyl sites for hydroxylation is 1. The molecule has 3 heterocycles. The zero-order valence-corrected chi connectivity index (χ0v) is 20.9. The lowest BCUT2D eigenvalue weighted by atomic mass is 9.83. The summed E-state index contributed by atoms with van der Waals surface area (Å²) in [5, 5.41) is 10.3. The topological polar surface area (TPSA) is 82.6 Å². The van der Waals surface area contributed by atoms with Crippen LogP contribution in [0.25, 0.3) is 0 Å². The Hall–Kier alpha value is -2.85. The quantitative estimate of drug-likeness (QED) is 0.662. The smallest absolute Gasteiger partial charge is 0.291 e. The van der Waals surface area contributed by atoms with Gasteiger partial charge < -0.3 is 19.0 Å². The average molecular weight is 463 g/mol. The molecule has 180 valence electrons. The summed E-state index contributed by atoms with van der Waals surface area (Å²) in [5.74, 6) is 1.05. The number of ether oxygens (including phenoxy) is 1. The molecule has 34 heavy (non-hydrogen) atoms. The Kier molecular flexibility index (Phi) is 5.68. The van der Waals surface area contributed by atoms with E-state index in [1.807, 2.05) is 4.90 Å². The van der Waals surface area contributed by atoms with Crippen LogP contribution in [-0.4, -0.2) is 47.1 Å². The fraction of sp³-hybridized carbons (Fsp3) is 0.593. The van der Waals surface area contributed by atoms with Crippen LogP contribution in [0.4, 0.5) is 5.69 Å². The number of hydrogen-bond acceptors (Lipinski definition) is 6. The number of benzene rings is 1. The van der Waals surface area contributed by atoms with Gasteiger partial charge in [-0.3, -0.25) is 4.79 Å². The van der Waals surface area contributed by atoms with Crippen LogP contribution in [0.15, 0.2) is 16.9 Å². The Morgan fingerprint density at radius 3 is 2.65 bits per heavy atom. The van der Waals surface area contributed by atoms with Crippen molar-refractivity contribution in [1.82, 2.24) is 9.88 Å². The van der Waals surface area contributed by atoms with Crippen LogP contribution in [0.5, 0.6) is 0 Å². The predicted octanol–water partition coefficient (Wildman–Crippen LogP) is 4.57. The van der Waals surface area contributed by atoms with Gasteiger partial charge in [-0.05, 0) is 68.2 Å². The van der Waals surface area contributed by atoms with Crippen molar-refractivity contribution in [3.63, 3.8) is 0 Å². The van der Waals surface area contributed by atoms with E-state index in [1.165, 1.54) is 30.4 Å². The van der Waals surface area contributed by atoms with E-state index in [-0.39, 0.29) is 23.5 Å². The van der Waals surface area contributed by atoms with Crippen molar-refractivity contribution in [1.29, 1.82) is 5.26 Å². The van der Waals surface area contributed by atoms with Gasteiger partial charge >= 0.3 is 0 Å². The highest BCUT2D eigenvalue weighted by atomic mass is 16.5. The van der Waals surface area contributed by atoms with Gasteiger partial charge in [0, 0.05) is 26.1 Å². The van der Waals surface area contributed by atoms with E-state index in [0.29, 0.717) is 43.6 Å². The molecule has 1 amide bonds. The molecule has 3 aliphatic rings. The molecule has 0 radical (unpaired) electrons. The van der Waals surface area contributed by atoms with Gasteiger partial charge in [0.2, 0.25) is 5.76 Å². The van der Waals surface area contributed by atoms with Gasteiger partial charge in [0.15, 0.2) is 6.39 Å². The van der Waals surface area contributed by atoms with Crippen LogP contribution < -0.4 is 4.90 Å². The van der Waals surface area contributed by atoms with E-state index in [0.717, 1.165) is 23.2 Å². The van der Waals surface area contributed by atoms with Crippen molar-refractivity contribution in [3.8, 4) is 6.07 Å². The standard InChI is InChI=1S/C27H34N4O3/c1-16(2)24-13-30(8-9-31(24)26(32)25-17(3)29-15-33-25)23-10-19(18-6-7-18)22-14-34-27(4,5)11-20(22)21(23)12-28/h10,15-16,18,24H,6-9,11,13-14H2,1-5H3. The lowest BCUT2D eigenvalue weighted by Crippen LogP contribution is -2.57. The molecule has 1 saturated carbocycles. The molecule has 1 aromatic heterocycles. The van der Waals surface area contributed by atoms with Crippen LogP contribution in [0, 0.1) is 24.2 Å². The monoisotopic (exact) mass is 462 g/mol. The summed E-state index contributed by atoms with van der Waals surface area (Å²) in [6.45, 7) is 12.8. The summed E-state index contributed by atoms with van der Waals surface area (Å²) >= 11 is 0. The molecular weight excluding hydrogens is 428 g/mol. The van der Waals surface area contributed by atoms with Crippen molar-refractivity contribution in [2.24, 2.45) is 5.92 Å². The predicted molar refractivity (Wildman–Crippen MR) is 129 cm³/mol. The molecule has 0 spiro atoms. The van der Waals surface area contributed by atoms with Gasteiger partial charge in [-0.15, -0.1) is 0 Å². The molecule has 2 aromatic rings. The van der Waals surface area contributed by atoms with Gasteiger partial charge in [-0.2, -0.15) is 5.26 Å². The molecule has 1 atom stereocenters. The van der Waals surface area contributed by atoms with Crippen LogP contribution in [0.3, 0.4) is 0 Å². The van der Waals surface area contributed by atoms with Gasteiger partial charge in [-0.1, -0.05) is 13.8 Å². The number of piperazine rings is 1. The number of hydrogen-bond donors (Lipinski definition) is 0. The molecule has 2 aliphatic heterocycles. The van der Waals surface area contributed by atoms with E-state index in [1.54, 1.807) is 6.92 Å². The van der Waals surface area contributed by atoms with Crippen LogP contribution >= 0.6 is 0 Å². The first-order valence-electron chi connectivity index (χ1n) is 12.4. The third-order valence-electron chi connectivity index (χ3n) is 7.63. The van der Waals surface area contributed by atoms with Crippen molar-refractivity contribution < 1.29 is 13.9 Å². The Bertz CT molecular complexity index is 1160. The minimum Gasteiger partial charge on any atom is -0.438 e. The first-order valence-corrected chi connectivity index (χ1v) is 12.4. The van der Waals surface area contributed by atoms with Gasteiger partial charge in [0.1, 0.15) is 6.07 Å². The number of nitriles is 1. The van der Waals surface area contributed by atoms with Crippen molar-refractivity contribution in [2.45, 2.75) is 78.0 Å². The molecule has 1 unspecified atom stereocenters. The molecule has 1 saturated heterocycles. The minimum atomic E-state index is -0.279. The highest BCUT2D eigenvalue weighted by molar-refractivity contribution is 5.93. The third kappa shape index (κ3) is 3.98. The highest BCUT2D eigenvalue weighted by Gasteiger charge is 2.39. The lowest BCUT2D eigenvalue weighted by Gasteiger charge is -2.45. The first kappa shape index (κ1) is 22.9. The number of rotatable bonds is 4. The van der Waals surface area contributed by atoms with E-state index in [4.69, 9.17) is 9.15 Å². The summed E-state index contributed by atoms with van der Waals surface area (Å²) in [4.78, 5) is 21.6. The summed E-state index contributed by atoms with van der Waals surface area (Å²) in [6, 6.07) is 4.82. The zero-order chi connectivity index (χ0) is 24.2. The zero-order valence-electron chi connectivity index (χ0n) is 20.9. The highest BCUT2D eigenvalue weighted by Crippen LogP contribution is 2.47. The van der Waals surface area contributed by atoms with E-state index in [9.17, 15) is 10.1 Å². The normalized spacial score (nSPS) is 22.0. The maximum absolute atomic E-state index is 13.3. The van der Waals surface area contributed by atoms with E-state index in [2.05, 4.69) is 49.7 Å². The van der Waals surface area contributed by atoms with Gasteiger partial charge in [-0.25, -0.2) is 4.98 Å². The molecule has 5 rings (SSSR count). The number of fused-ring (bicyclic) bond motifs is 1. The fourth-order valence-electron chi connectivity index (χ4n) is 5.52. The Morgan fingerprint density at radius 2 is 2.03 bits per heavy atom. The Morgan fingerprint density at radius 1 is 1.26 bits per heavy atom. The molecule has 0 bridgehead atoms. The van der Waals surface area contributed by atoms with Crippen LogP contribution in [0.2, 0.25) is 0 Å². The summed E-state index contributed by atoms with van der Waals surface area (Å²) in [7, 11) is 0. The third-order valence-corrected chi connectivity index (χ3v) is 7.63. The number of amides is 1. The van der Waals surface area contributed by atoms with Crippen LogP contribution in [-0.2, 0) is 17.8 Å². The molecule has 1 aliphatic carbocycles. The largest absolute Gasteiger partial charge is 0.438 e. The molecule has 7 heteroatoms. The maximum Gasteiger partial charge on any atom is 0.291 e. The number of anilines is 1. The van der Waals surface area contributed by atoms with E-state index < -0.39 is 0 Å². The summed E-state index contributed by atoms with van der Waals surface area (Å²) < 4.78 is 11.6. The van der Waals surface area contributed by atoms with Crippen molar-refractivity contribution in [3.05, 3.63) is 46.2 Å². The summed E-state index contributed by atoms with van der Waals surface area (Å²) in [6.07, 6.45) is 4.49. The number of carbonyl (C=O) groups excluding carboxylic acids is 1. The van der Waals surface area contributed by atoms with Crippen molar-refractivity contribution in [2.75, 3.05) is 24.5 Å². The molecular formula is C27H34N4O3. The number of carbonyl (C=O) groups is 1. The maximum atomic E-state index is 13.3. The fourth-order valence-corrected chi connectivity index (χ4v) is 5.52. The first-order chi connectivity index (χ1) is 16.2. The second-order valence-corrected chi connectivity index (χ2v) is 11.0. The number of aromatic nitrogens is 1. The van der Waals surface area contributed by atoms with Crippen molar-refractivity contribution >= 4 is 11.6 Å². The van der Waals surface area contributed by atoms with Gasteiger partial charge in [0.25, 0.3) is 5.91 Å². The lowest BCUT2D eigenvalue weighted by molar-refractivity contribution is -0.0405. The SMILES string of the molecule is Cc1ncoc1C(=O)N1CCN(c2cc(C3CC3)c3c(c2C#N)CC(C)(C)OC3)CC1C(C)C. The minimum absolute atomic E-state index is 0.0116. The Balaban J connectivity index is 1.51. The Labute approximate surface area is 201 Å².